The van der Waals surface area contributed by atoms with Gasteiger partial charge in [0, 0.05) is 20.6 Å². The fraction of sp³-hybridized carbons (Fsp3) is 0.125. The van der Waals surface area contributed by atoms with Gasteiger partial charge in [-0.05, 0) is 76.5 Å². The molecule has 3 rings (SSSR count). The zero-order chi connectivity index (χ0) is 22.4. The Morgan fingerprint density at radius 1 is 1.00 bits per heavy atom. The number of nitrogens with zero attached hydrogens (tertiary/aromatic N) is 1. The number of hydrogen-bond donors (Lipinski definition) is 0. The first-order chi connectivity index (χ1) is 14.9. The van der Waals surface area contributed by atoms with E-state index in [1.165, 1.54) is 0 Å². The summed E-state index contributed by atoms with van der Waals surface area (Å²) in [5.74, 6) is 1.11. The predicted octanol–water partition coefficient (Wildman–Crippen LogP) is 8.45. The van der Waals surface area contributed by atoms with Gasteiger partial charge in [0.15, 0.2) is 11.5 Å². The molecule has 0 unspecified atom stereocenters. The van der Waals surface area contributed by atoms with E-state index in [4.69, 9.17) is 44.3 Å². The molecule has 7 heteroatoms. The minimum Gasteiger partial charge on any atom is -0.490 e. The van der Waals surface area contributed by atoms with E-state index in [1.54, 1.807) is 30.3 Å². The number of halogens is 4. The zero-order valence-electron chi connectivity index (χ0n) is 16.5. The van der Waals surface area contributed by atoms with Crippen molar-refractivity contribution in [3.63, 3.8) is 0 Å². The van der Waals surface area contributed by atoms with Crippen LogP contribution in [-0.2, 0) is 6.61 Å². The van der Waals surface area contributed by atoms with Crippen molar-refractivity contribution in [3.8, 4) is 17.6 Å². The fourth-order valence-corrected chi connectivity index (χ4v) is 4.00. The topological polar surface area (TPSA) is 42.2 Å². The summed E-state index contributed by atoms with van der Waals surface area (Å²) in [5.41, 5.74) is 2.88. The van der Waals surface area contributed by atoms with Crippen molar-refractivity contribution in [2.45, 2.75) is 13.5 Å². The van der Waals surface area contributed by atoms with Crippen LogP contribution in [0.3, 0.4) is 0 Å². The highest BCUT2D eigenvalue weighted by Gasteiger charge is 2.14. The second-order valence-corrected chi connectivity index (χ2v) is 8.60. The van der Waals surface area contributed by atoms with Crippen LogP contribution in [0.25, 0.3) is 11.6 Å². The van der Waals surface area contributed by atoms with Crippen LogP contribution in [0.1, 0.15) is 23.6 Å². The van der Waals surface area contributed by atoms with Gasteiger partial charge in [-0.15, -0.1) is 0 Å². The SMILES string of the molecule is CCOc1cc(/C=C(/C#N)c2ccc(Cl)cc2)cc(Br)c1OCc1ccc(Cl)cc1Cl. The van der Waals surface area contributed by atoms with Gasteiger partial charge in [0.2, 0.25) is 0 Å². The average molecular weight is 538 g/mol. The Bertz CT molecular complexity index is 1150. The first kappa shape index (κ1) is 23.5. The molecule has 31 heavy (non-hydrogen) atoms. The van der Waals surface area contributed by atoms with Gasteiger partial charge >= 0.3 is 0 Å². The van der Waals surface area contributed by atoms with Gasteiger partial charge in [-0.1, -0.05) is 53.0 Å². The second kappa shape index (κ2) is 10.9. The van der Waals surface area contributed by atoms with Crippen molar-refractivity contribution in [2.75, 3.05) is 6.61 Å². The summed E-state index contributed by atoms with van der Waals surface area (Å²) >= 11 is 21.7. The van der Waals surface area contributed by atoms with Crippen molar-refractivity contribution in [1.82, 2.24) is 0 Å². The maximum atomic E-state index is 9.62. The van der Waals surface area contributed by atoms with Gasteiger partial charge in [0.05, 0.1) is 22.7 Å². The summed E-state index contributed by atoms with van der Waals surface area (Å²) in [6.45, 7) is 2.60. The minimum absolute atomic E-state index is 0.248. The minimum atomic E-state index is 0.248. The number of benzene rings is 3. The molecule has 0 aromatic heterocycles. The normalized spacial score (nSPS) is 11.2. The van der Waals surface area contributed by atoms with Gasteiger partial charge in [-0.3, -0.25) is 0 Å². The van der Waals surface area contributed by atoms with Crippen molar-refractivity contribution >= 4 is 62.4 Å². The molecule has 0 fully saturated rings. The molecule has 0 radical (unpaired) electrons. The van der Waals surface area contributed by atoms with Gasteiger partial charge < -0.3 is 9.47 Å². The summed E-state index contributed by atoms with van der Waals surface area (Å²) in [5, 5.41) is 11.3. The van der Waals surface area contributed by atoms with Gasteiger partial charge in [0.25, 0.3) is 0 Å². The van der Waals surface area contributed by atoms with Gasteiger partial charge in [0.1, 0.15) is 6.61 Å². The third kappa shape index (κ3) is 6.18. The highest BCUT2D eigenvalue weighted by molar-refractivity contribution is 9.10. The molecule has 0 atom stereocenters. The van der Waals surface area contributed by atoms with Crippen LogP contribution in [0, 0.1) is 11.3 Å². The Balaban J connectivity index is 1.92. The summed E-state index contributed by atoms with van der Waals surface area (Å²) in [4.78, 5) is 0. The van der Waals surface area contributed by atoms with Crippen LogP contribution < -0.4 is 9.47 Å². The summed E-state index contributed by atoms with van der Waals surface area (Å²) in [6, 6.07) is 18.3. The molecule has 158 valence electrons. The van der Waals surface area contributed by atoms with Crippen LogP contribution in [0.2, 0.25) is 15.1 Å². The standard InChI is InChI=1S/C24H17BrCl3NO2/c1-2-30-23-11-15(9-18(13-29)16-3-6-19(26)7-4-16)10-21(25)24(23)31-14-17-5-8-20(27)12-22(17)28/h3-12H,2,14H2,1H3/b18-9-. The molecular formula is C24H17BrCl3NO2. The molecule has 0 N–H and O–H groups in total. The fourth-order valence-electron chi connectivity index (χ4n) is 2.84. The van der Waals surface area contributed by atoms with E-state index in [-0.39, 0.29) is 6.61 Å². The molecule has 0 amide bonds. The quantitative estimate of drug-likeness (QED) is 0.224. The van der Waals surface area contributed by atoms with Crippen LogP contribution in [0.15, 0.2) is 59.1 Å². The molecule has 3 aromatic rings. The van der Waals surface area contributed by atoms with E-state index in [0.29, 0.717) is 43.2 Å². The van der Waals surface area contributed by atoms with E-state index in [1.807, 2.05) is 37.3 Å². The molecule has 0 aliphatic rings. The van der Waals surface area contributed by atoms with Crippen LogP contribution >= 0.6 is 50.7 Å². The molecule has 0 aliphatic heterocycles. The Morgan fingerprint density at radius 2 is 1.71 bits per heavy atom. The third-order valence-electron chi connectivity index (χ3n) is 4.31. The van der Waals surface area contributed by atoms with Crippen LogP contribution in [-0.4, -0.2) is 6.61 Å². The molecule has 0 heterocycles. The maximum Gasteiger partial charge on any atom is 0.175 e. The molecular weight excluding hydrogens is 521 g/mol. The molecule has 3 nitrogen and oxygen atoms in total. The molecule has 0 saturated heterocycles. The highest BCUT2D eigenvalue weighted by atomic mass is 79.9. The van der Waals surface area contributed by atoms with Crippen LogP contribution in [0.4, 0.5) is 0 Å². The first-order valence-electron chi connectivity index (χ1n) is 9.32. The number of nitriles is 1. The number of rotatable bonds is 7. The smallest absolute Gasteiger partial charge is 0.175 e. The highest BCUT2D eigenvalue weighted by Crippen LogP contribution is 2.39. The van der Waals surface area contributed by atoms with E-state index < -0.39 is 0 Å². The van der Waals surface area contributed by atoms with E-state index in [0.717, 1.165) is 16.7 Å². The summed E-state index contributed by atoms with van der Waals surface area (Å²) in [6.07, 6.45) is 1.79. The van der Waals surface area contributed by atoms with Crippen molar-refractivity contribution < 1.29 is 9.47 Å². The lowest BCUT2D eigenvalue weighted by Crippen LogP contribution is -2.01. The summed E-state index contributed by atoms with van der Waals surface area (Å²) in [7, 11) is 0. The first-order valence-corrected chi connectivity index (χ1v) is 11.2. The lowest BCUT2D eigenvalue weighted by atomic mass is 10.0. The number of hydrogen-bond acceptors (Lipinski definition) is 3. The average Bonchev–Trinajstić information content (AvgIpc) is 2.73. The molecule has 0 bridgehead atoms. The third-order valence-corrected chi connectivity index (χ3v) is 5.73. The molecule has 0 saturated carbocycles. The molecule has 3 aromatic carbocycles. The Kier molecular flexibility index (Phi) is 8.28. The van der Waals surface area contributed by atoms with Crippen LogP contribution in [0.5, 0.6) is 11.5 Å². The second-order valence-electron chi connectivity index (χ2n) is 6.46. The number of ether oxygens (including phenoxy) is 2. The molecule has 0 spiro atoms. The predicted molar refractivity (Wildman–Crippen MR) is 131 cm³/mol. The maximum absolute atomic E-state index is 9.62. The van der Waals surface area contributed by atoms with E-state index in [9.17, 15) is 5.26 Å². The Morgan fingerprint density at radius 3 is 2.35 bits per heavy atom. The van der Waals surface area contributed by atoms with Gasteiger partial charge in [-0.25, -0.2) is 0 Å². The lowest BCUT2D eigenvalue weighted by molar-refractivity contribution is 0.267. The van der Waals surface area contributed by atoms with E-state index >= 15 is 0 Å². The molecule has 0 aliphatic carbocycles. The van der Waals surface area contributed by atoms with E-state index in [2.05, 4.69) is 22.0 Å². The van der Waals surface area contributed by atoms with Gasteiger partial charge in [-0.2, -0.15) is 5.26 Å². The monoisotopic (exact) mass is 535 g/mol. The Labute approximate surface area is 204 Å². The van der Waals surface area contributed by atoms with Crippen molar-refractivity contribution in [2.24, 2.45) is 0 Å². The van der Waals surface area contributed by atoms with Crippen molar-refractivity contribution in [1.29, 1.82) is 5.26 Å². The Hall–Kier alpha value is -2.16. The lowest BCUT2D eigenvalue weighted by Gasteiger charge is -2.15. The largest absolute Gasteiger partial charge is 0.490 e. The summed E-state index contributed by atoms with van der Waals surface area (Å²) < 4.78 is 12.5. The zero-order valence-corrected chi connectivity index (χ0v) is 20.3. The number of allylic oxidation sites excluding steroid dienone is 1. The van der Waals surface area contributed by atoms with Crippen molar-refractivity contribution in [3.05, 3.63) is 90.8 Å².